The van der Waals surface area contributed by atoms with Gasteiger partial charge in [-0.2, -0.15) is 8.76 Å². The van der Waals surface area contributed by atoms with Gasteiger partial charge in [0.15, 0.2) is 11.2 Å². The third-order valence-corrected chi connectivity index (χ3v) is 2.03. The minimum atomic E-state index is -0.630. The van der Waals surface area contributed by atoms with Crippen molar-refractivity contribution in [2.45, 2.75) is 13.8 Å². The Balaban J connectivity index is 0.000001000. The molecule has 0 aromatic heterocycles. The number of aliphatic imine (C=N–C) groups is 1. The van der Waals surface area contributed by atoms with Gasteiger partial charge in [0, 0.05) is 18.6 Å². The minimum absolute atomic E-state index is 0. The summed E-state index contributed by atoms with van der Waals surface area (Å²) in [7, 11) is 1.59. The predicted molar refractivity (Wildman–Crippen MR) is 43.0 cm³/mol. The maximum atomic E-state index is 4.92. The van der Waals surface area contributed by atoms with E-state index in [1.807, 2.05) is 13.8 Å². The first-order valence-corrected chi connectivity index (χ1v) is 3.90. The zero-order chi connectivity index (χ0) is 7.56. The second-order valence-electron chi connectivity index (χ2n) is 1.79. The van der Waals surface area contributed by atoms with Crippen LogP contribution in [0.4, 0.5) is 0 Å². The fourth-order valence-corrected chi connectivity index (χ4v) is 1.32. The van der Waals surface area contributed by atoms with Crippen LogP contribution in [0, 0.1) is 0 Å². The predicted octanol–water partition coefficient (Wildman–Crippen LogP) is 1.11. The maximum absolute atomic E-state index is 4.92. The largest absolute Gasteiger partial charge is 0.292 e. The quantitative estimate of drug-likeness (QED) is 0.639. The monoisotopic (exact) mass is 210 g/mol. The van der Waals surface area contributed by atoms with E-state index in [2.05, 4.69) is 13.8 Å². The van der Waals surface area contributed by atoms with Crippen molar-refractivity contribution in [2.24, 2.45) is 13.8 Å². The van der Waals surface area contributed by atoms with E-state index in [1.54, 1.807) is 7.11 Å². The number of rotatable bonds is 1. The van der Waals surface area contributed by atoms with Crippen LogP contribution in [-0.4, -0.2) is 18.8 Å². The Morgan fingerprint density at radius 2 is 1.91 bits per heavy atom. The van der Waals surface area contributed by atoms with Crippen LogP contribution in [0.2, 0.25) is 0 Å². The van der Waals surface area contributed by atoms with Crippen LogP contribution in [0.3, 0.4) is 0 Å². The Morgan fingerprint density at radius 3 is 2.36 bits per heavy atom. The van der Waals surface area contributed by atoms with Gasteiger partial charge in [0.05, 0.1) is 7.11 Å². The summed E-state index contributed by atoms with van der Waals surface area (Å²) in [6.45, 7) is 3.66. The Kier molecular flexibility index (Phi) is 4.84. The van der Waals surface area contributed by atoms with Gasteiger partial charge in [0.1, 0.15) is 11.7 Å². The van der Waals surface area contributed by atoms with Gasteiger partial charge in [-0.15, -0.1) is 0 Å². The summed E-state index contributed by atoms with van der Waals surface area (Å²) in [6.07, 6.45) is 0. The second kappa shape index (κ2) is 4.82. The third kappa shape index (κ3) is 3.29. The van der Waals surface area contributed by atoms with Crippen LogP contribution in [0.25, 0.3) is 0 Å². The summed E-state index contributed by atoms with van der Waals surface area (Å²) in [4.78, 5) is 4.01. The number of hydrogen-bond acceptors (Lipinski definition) is 4. The fraction of sp³-hybridized carbons (Fsp3) is 0.600. The molecule has 1 radical (unpaired) electrons. The molecule has 1 heterocycles. The minimum Gasteiger partial charge on any atom is -0.292 e. The molecule has 0 saturated carbocycles. The van der Waals surface area contributed by atoms with Crippen molar-refractivity contribution in [2.75, 3.05) is 7.11 Å². The molecule has 11 heavy (non-hydrogen) atoms. The normalized spacial score (nSPS) is 22.6. The first-order chi connectivity index (χ1) is 4.72. The number of amidine groups is 2. The molecule has 61 valence electrons. The Morgan fingerprint density at radius 1 is 1.27 bits per heavy atom. The molecule has 0 aromatic rings. The smallest absolute Gasteiger partial charge is 0.165 e. The molecule has 0 spiro atoms. The van der Waals surface area contributed by atoms with Gasteiger partial charge >= 0.3 is 0 Å². The van der Waals surface area contributed by atoms with E-state index < -0.39 is 11.2 Å². The van der Waals surface area contributed by atoms with Gasteiger partial charge in [-0.05, 0) is 13.8 Å². The molecule has 0 fully saturated rings. The Hall–Kier alpha value is 0.0344. The van der Waals surface area contributed by atoms with E-state index in [1.165, 1.54) is 0 Å². The van der Waals surface area contributed by atoms with Crippen molar-refractivity contribution in [3.8, 4) is 0 Å². The van der Waals surface area contributed by atoms with Crippen LogP contribution in [0.1, 0.15) is 13.8 Å². The molecule has 1 aliphatic heterocycles. The number of hydrogen-bond donors (Lipinski definition) is 0. The molecule has 1 aliphatic rings. The average Bonchev–Trinajstić information content (AvgIpc) is 1.85. The van der Waals surface area contributed by atoms with E-state index >= 15 is 0 Å². The molecule has 4 nitrogen and oxygen atoms in total. The van der Waals surface area contributed by atoms with Gasteiger partial charge in [-0.3, -0.25) is 4.18 Å². The average molecular weight is 210 g/mol. The summed E-state index contributed by atoms with van der Waals surface area (Å²) < 4.78 is 13.0. The summed E-state index contributed by atoms with van der Waals surface area (Å²) in [6, 6.07) is 0. The molecular weight excluding hydrogens is 201 g/mol. The molecule has 0 amide bonds. The van der Waals surface area contributed by atoms with Crippen molar-refractivity contribution >= 4 is 22.8 Å². The van der Waals surface area contributed by atoms with E-state index in [-0.39, 0.29) is 18.6 Å². The Bertz CT molecular complexity index is 233. The zero-order valence-electron chi connectivity index (χ0n) is 6.61. The van der Waals surface area contributed by atoms with Crippen LogP contribution < -0.4 is 0 Å². The Labute approximate surface area is 80.5 Å². The first-order valence-electron chi connectivity index (χ1n) is 2.83. The molecule has 6 heteroatoms. The van der Waals surface area contributed by atoms with E-state index in [4.69, 9.17) is 4.18 Å². The van der Waals surface area contributed by atoms with Crippen LogP contribution >= 0.6 is 0 Å². The molecule has 0 saturated heterocycles. The van der Waals surface area contributed by atoms with E-state index in [0.717, 1.165) is 11.7 Å². The van der Waals surface area contributed by atoms with Crippen LogP contribution in [-0.2, 0) is 33.9 Å². The topological polar surface area (TPSA) is 46.3 Å². The zero-order valence-corrected chi connectivity index (χ0v) is 8.82. The van der Waals surface area contributed by atoms with Crippen molar-refractivity contribution < 1.29 is 22.7 Å². The SMILES string of the molecule is COS1=NC(C)=NC(C)=N1.[V]. The molecule has 1 rings (SSSR count). The van der Waals surface area contributed by atoms with Crippen molar-refractivity contribution in [3.63, 3.8) is 0 Å². The first kappa shape index (κ1) is 11.0. The molecule has 0 bridgehead atoms. The van der Waals surface area contributed by atoms with Crippen molar-refractivity contribution in [3.05, 3.63) is 0 Å². The summed E-state index contributed by atoms with van der Waals surface area (Å²) >= 11 is -0.630. The fourth-order valence-electron chi connectivity index (χ4n) is 0.596. The molecule has 0 N–H and O–H groups in total. The van der Waals surface area contributed by atoms with Gasteiger partial charge in [-0.1, -0.05) is 0 Å². The van der Waals surface area contributed by atoms with E-state index in [9.17, 15) is 0 Å². The summed E-state index contributed by atoms with van der Waals surface area (Å²) in [5.74, 6) is 1.47. The number of nitrogens with zero attached hydrogens (tertiary/aromatic N) is 3. The van der Waals surface area contributed by atoms with Crippen LogP contribution in [0.15, 0.2) is 13.8 Å². The van der Waals surface area contributed by atoms with Crippen molar-refractivity contribution in [1.82, 2.24) is 0 Å². The van der Waals surface area contributed by atoms with Gasteiger partial charge < -0.3 is 0 Å². The molecular formula is C5H9N3OSV. The van der Waals surface area contributed by atoms with Gasteiger partial charge in [-0.25, -0.2) is 4.99 Å². The molecule has 0 aliphatic carbocycles. The third-order valence-electron chi connectivity index (χ3n) is 0.893. The van der Waals surface area contributed by atoms with E-state index in [0.29, 0.717) is 0 Å². The summed E-state index contributed by atoms with van der Waals surface area (Å²) in [5, 5.41) is 0. The van der Waals surface area contributed by atoms with Crippen LogP contribution in [0.5, 0.6) is 0 Å². The van der Waals surface area contributed by atoms with Gasteiger partial charge in [0.2, 0.25) is 0 Å². The molecule has 1 unspecified atom stereocenters. The van der Waals surface area contributed by atoms with Crippen molar-refractivity contribution in [1.29, 1.82) is 0 Å². The second-order valence-corrected chi connectivity index (χ2v) is 2.95. The maximum Gasteiger partial charge on any atom is 0.165 e. The van der Waals surface area contributed by atoms with Gasteiger partial charge in [0.25, 0.3) is 0 Å². The standard InChI is InChI=1S/C5H9N3OS.V/c1-4-6-5(2)8-10(7-4)9-3;/h1-3H3;. The molecule has 0 aromatic carbocycles. The summed E-state index contributed by atoms with van der Waals surface area (Å²) in [5.41, 5.74) is 0. The molecule has 1 atom stereocenters.